The maximum Gasteiger partial charge on any atom is 0.234 e. The Morgan fingerprint density at radius 2 is 1.87 bits per heavy atom. The Hall–Kier alpha value is -4.00. The van der Waals surface area contributed by atoms with Crippen molar-refractivity contribution < 1.29 is 9.59 Å². The van der Waals surface area contributed by atoms with Crippen molar-refractivity contribution in [3.8, 4) is 11.3 Å². The molecule has 2 aromatic heterocycles. The third-order valence-electron chi connectivity index (χ3n) is 5.53. The standard InChI is InChI=1S/C24H21N5O2/c1-16-3-9-20(10-4-16)29-14-18(13-22(29)30)23(31)26-19-7-5-17(6-8-19)21-15-28-12-2-11-25-24(28)27-21/h2-12,15,18H,13-14H2,1H3,(H,26,31). The highest BCUT2D eigenvalue weighted by molar-refractivity contribution is 6.03. The lowest BCUT2D eigenvalue weighted by atomic mass is 10.1. The molecule has 1 fully saturated rings. The molecule has 1 atom stereocenters. The van der Waals surface area contributed by atoms with Gasteiger partial charge in [0.15, 0.2) is 0 Å². The first-order valence-corrected chi connectivity index (χ1v) is 10.1. The third-order valence-corrected chi connectivity index (χ3v) is 5.53. The molecule has 31 heavy (non-hydrogen) atoms. The van der Waals surface area contributed by atoms with Gasteiger partial charge in [-0.3, -0.25) is 14.0 Å². The quantitative estimate of drug-likeness (QED) is 0.555. The third kappa shape index (κ3) is 3.77. The maximum absolute atomic E-state index is 12.7. The molecular weight excluding hydrogens is 390 g/mol. The van der Waals surface area contributed by atoms with Crippen molar-refractivity contribution in [2.45, 2.75) is 13.3 Å². The first-order chi connectivity index (χ1) is 15.1. The van der Waals surface area contributed by atoms with E-state index in [1.165, 1.54) is 0 Å². The minimum absolute atomic E-state index is 0.0280. The molecule has 1 unspecified atom stereocenters. The number of aromatic nitrogens is 3. The van der Waals surface area contributed by atoms with Gasteiger partial charge in [0.05, 0.1) is 11.6 Å². The molecule has 2 aromatic carbocycles. The van der Waals surface area contributed by atoms with Crippen LogP contribution in [0.1, 0.15) is 12.0 Å². The zero-order chi connectivity index (χ0) is 21.4. The Bertz CT molecular complexity index is 1230. The number of fused-ring (bicyclic) bond motifs is 1. The number of hydrogen-bond acceptors (Lipinski definition) is 4. The van der Waals surface area contributed by atoms with Crippen LogP contribution in [0.25, 0.3) is 17.0 Å². The molecule has 5 rings (SSSR count). The van der Waals surface area contributed by atoms with Gasteiger partial charge in [0.2, 0.25) is 17.6 Å². The molecule has 154 valence electrons. The van der Waals surface area contributed by atoms with E-state index in [0.29, 0.717) is 18.0 Å². The number of nitrogens with zero attached hydrogens (tertiary/aromatic N) is 4. The monoisotopic (exact) mass is 411 g/mol. The van der Waals surface area contributed by atoms with Crippen molar-refractivity contribution in [2.75, 3.05) is 16.8 Å². The molecule has 0 spiro atoms. The highest BCUT2D eigenvalue weighted by Crippen LogP contribution is 2.27. The van der Waals surface area contributed by atoms with Gasteiger partial charge in [-0.1, -0.05) is 29.8 Å². The molecule has 7 nitrogen and oxygen atoms in total. The van der Waals surface area contributed by atoms with E-state index in [9.17, 15) is 9.59 Å². The van der Waals surface area contributed by atoms with Crippen LogP contribution in [0.4, 0.5) is 11.4 Å². The average Bonchev–Trinajstić information content (AvgIpc) is 3.39. The van der Waals surface area contributed by atoms with E-state index in [0.717, 1.165) is 22.5 Å². The SMILES string of the molecule is Cc1ccc(N2CC(C(=O)Nc3ccc(-c4cn5cccnc5n4)cc3)CC2=O)cc1. The van der Waals surface area contributed by atoms with Crippen LogP contribution in [0.2, 0.25) is 0 Å². The number of imidazole rings is 1. The fraction of sp³-hybridized carbons (Fsp3) is 0.167. The van der Waals surface area contributed by atoms with Crippen LogP contribution in [0.5, 0.6) is 0 Å². The summed E-state index contributed by atoms with van der Waals surface area (Å²) in [5.41, 5.74) is 4.40. The Morgan fingerprint density at radius 1 is 1.10 bits per heavy atom. The number of carbonyl (C=O) groups is 2. The summed E-state index contributed by atoms with van der Waals surface area (Å²) < 4.78 is 1.86. The van der Waals surface area contributed by atoms with Crippen LogP contribution in [-0.4, -0.2) is 32.7 Å². The van der Waals surface area contributed by atoms with Crippen LogP contribution in [0, 0.1) is 12.8 Å². The van der Waals surface area contributed by atoms with Gasteiger partial charge in [-0.25, -0.2) is 9.97 Å². The maximum atomic E-state index is 12.7. The van der Waals surface area contributed by atoms with Gasteiger partial charge < -0.3 is 10.2 Å². The second-order valence-electron chi connectivity index (χ2n) is 7.76. The Morgan fingerprint density at radius 3 is 2.61 bits per heavy atom. The molecule has 1 aliphatic rings. The van der Waals surface area contributed by atoms with Gasteiger partial charge in [0.1, 0.15) is 0 Å². The number of amides is 2. The lowest BCUT2D eigenvalue weighted by Gasteiger charge is -2.17. The molecular formula is C24H21N5O2. The average molecular weight is 411 g/mol. The van der Waals surface area contributed by atoms with E-state index in [4.69, 9.17) is 0 Å². The molecule has 1 aliphatic heterocycles. The number of anilines is 2. The van der Waals surface area contributed by atoms with E-state index in [2.05, 4.69) is 15.3 Å². The van der Waals surface area contributed by atoms with Crippen LogP contribution in [-0.2, 0) is 9.59 Å². The second kappa shape index (κ2) is 7.68. The highest BCUT2D eigenvalue weighted by atomic mass is 16.2. The molecule has 3 heterocycles. The van der Waals surface area contributed by atoms with E-state index in [-0.39, 0.29) is 24.2 Å². The van der Waals surface area contributed by atoms with Crippen molar-refractivity contribution in [1.29, 1.82) is 0 Å². The van der Waals surface area contributed by atoms with E-state index >= 15 is 0 Å². The fourth-order valence-electron chi connectivity index (χ4n) is 3.80. The zero-order valence-corrected chi connectivity index (χ0v) is 17.0. The Labute approximate surface area is 179 Å². The molecule has 1 saturated heterocycles. The minimum Gasteiger partial charge on any atom is -0.326 e. The molecule has 0 bridgehead atoms. The van der Waals surface area contributed by atoms with Crippen LogP contribution in [0.3, 0.4) is 0 Å². The summed E-state index contributed by atoms with van der Waals surface area (Å²) in [6.07, 6.45) is 5.74. The summed E-state index contributed by atoms with van der Waals surface area (Å²) in [5, 5.41) is 2.94. The fourth-order valence-corrected chi connectivity index (χ4v) is 3.80. The number of hydrogen-bond donors (Lipinski definition) is 1. The summed E-state index contributed by atoms with van der Waals surface area (Å²) in [6.45, 7) is 2.39. The number of aryl methyl sites for hydroxylation is 1. The molecule has 0 radical (unpaired) electrons. The van der Waals surface area contributed by atoms with Gasteiger partial charge in [0, 0.05) is 48.5 Å². The van der Waals surface area contributed by atoms with E-state index in [1.807, 2.05) is 78.3 Å². The second-order valence-corrected chi connectivity index (χ2v) is 7.76. The Balaban J connectivity index is 1.26. The Kier molecular flexibility index (Phi) is 4.71. The van der Waals surface area contributed by atoms with Crippen LogP contribution in [0.15, 0.2) is 73.2 Å². The van der Waals surface area contributed by atoms with Crippen molar-refractivity contribution in [2.24, 2.45) is 5.92 Å². The van der Waals surface area contributed by atoms with Gasteiger partial charge >= 0.3 is 0 Å². The summed E-state index contributed by atoms with van der Waals surface area (Å²) in [6, 6.07) is 17.1. The summed E-state index contributed by atoms with van der Waals surface area (Å²) in [5.74, 6) is 0.0874. The molecule has 4 aromatic rings. The van der Waals surface area contributed by atoms with Gasteiger partial charge in [-0.2, -0.15) is 0 Å². The van der Waals surface area contributed by atoms with Crippen molar-refractivity contribution in [3.63, 3.8) is 0 Å². The smallest absolute Gasteiger partial charge is 0.234 e. The first-order valence-electron chi connectivity index (χ1n) is 10.1. The lowest BCUT2D eigenvalue weighted by Crippen LogP contribution is -2.28. The number of benzene rings is 2. The van der Waals surface area contributed by atoms with Crippen LogP contribution < -0.4 is 10.2 Å². The normalized spacial score (nSPS) is 16.1. The van der Waals surface area contributed by atoms with Gasteiger partial charge in [0.25, 0.3) is 0 Å². The summed E-state index contributed by atoms with van der Waals surface area (Å²) >= 11 is 0. The minimum atomic E-state index is -0.377. The molecule has 7 heteroatoms. The summed E-state index contributed by atoms with van der Waals surface area (Å²) in [7, 11) is 0. The first kappa shape index (κ1) is 19.0. The van der Waals surface area contributed by atoms with Crippen molar-refractivity contribution in [3.05, 3.63) is 78.8 Å². The zero-order valence-electron chi connectivity index (χ0n) is 17.0. The van der Waals surface area contributed by atoms with Crippen molar-refractivity contribution >= 4 is 29.0 Å². The molecule has 1 N–H and O–H groups in total. The van der Waals surface area contributed by atoms with Gasteiger partial charge in [-0.15, -0.1) is 0 Å². The number of rotatable bonds is 4. The summed E-state index contributed by atoms with van der Waals surface area (Å²) in [4.78, 5) is 35.6. The number of nitrogens with one attached hydrogen (secondary N) is 1. The molecule has 0 aliphatic carbocycles. The molecule has 2 amide bonds. The number of carbonyl (C=O) groups excluding carboxylic acids is 2. The topological polar surface area (TPSA) is 79.6 Å². The van der Waals surface area contributed by atoms with E-state index < -0.39 is 0 Å². The largest absolute Gasteiger partial charge is 0.326 e. The molecule has 0 saturated carbocycles. The predicted molar refractivity (Wildman–Crippen MR) is 119 cm³/mol. The van der Waals surface area contributed by atoms with Gasteiger partial charge in [-0.05, 0) is 37.3 Å². The van der Waals surface area contributed by atoms with E-state index in [1.54, 1.807) is 11.1 Å². The van der Waals surface area contributed by atoms with Crippen molar-refractivity contribution in [1.82, 2.24) is 14.4 Å². The highest BCUT2D eigenvalue weighted by Gasteiger charge is 2.35. The van der Waals surface area contributed by atoms with Crippen LogP contribution >= 0.6 is 0 Å². The predicted octanol–water partition coefficient (Wildman–Crippen LogP) is 3.70. The lowest BCUT2D eigenvalue weighted by molar-refractivity contribution is -0.122.